The molecule has 0 saturated carbocycles. The lowest BCUT2D eigenvalue weighted by molar-refractivity contribution is 0.159. The monoisotopic (exact) mass is 376 g/mol. The topological polar surface area (TPSA) is 15.7 Å². The fourth-order valence-corrected chi connectivity index (χ4v) is 4.31. The van der Waals surface area contributed by atoms with Crippen molar-refractivity contribution >= 4 is 18.1 Å². The standard InChI is InChI=1S/C21H25FN2O.ClH/c1-21(2)13-24(20-15(21)9-7-10-16(20)22)19-14-8-5-6-11-17(14)25-18(19)12-23(3)4;/h5-11,18-19H,12-13H2,1-4H3;1H/t18-,19+;/m1./s1. The van der Waals surface area contributed by atoms with Crippen LogP contribution in [0.4, 0.5) is 10.1 Å². The van der Waals surface area contributed by atoms with E-state index in [-0.39, 0.29) is 35.8 Å². The SMILES string of the molecule is CN(C)C[C@H]1Oc2ccccc2[C@@H]1N1CC(C)(C)c2cccc(F)c21.Cl. The van der Waals surface area contributed by atoms with Gasteiger partial charge in [-0.05, 0) is 31.8 Å². The maximum Gasteiger partial charge on any atom is 0.146 e. The summed E-state index contributed by atoms with van der Waals surface area (Å²) in [6, 6.07) is 13.6. The van der Waals surface area contributed by atoms with Crippen molar-refractivity contribution in [3.05, 3.63) is 59.4 Å². The molecule has 2 heterocycles. The molecule has 2 aromatic rings. The molecule has 0 bridgehead atoms. The number of likely N-dealkylation sites (N-methyl/N-ethyl adjacent to an activating group) is 1. The first-order valence-electron chi connectivity index (χ1n) is 8.84. The summed E-state index contributed by atoms with van der Waals surface area (Å²) in [5.41, 5.74) is 2.89. The summed E-state index contributed by atoms with van der Waals surface area (Å²) in [5, 5.41) is 0. The lowest BCUT2D eigenvalue weighted by Gasteiger charge is -2.33. The van der Waals surface area contributed by atoms with Crippen molar-refractivity contribution in [3.63, 3.8) is 0 Å². The average molecular weight is 377 g/mol. The van der Waals surface area contributed by atoms with Crippen LogP contribution in [0, 0.1) is 5.82 Å². The van der Waals surface area contributed by atoms with E-state index in [1.165, 1.54) is 0 Å². The van der Waals surface area contributed by atoms with Crippen LogP contribution in [0.2, 0.25) is 0 Å². The number of ether oxygens (including phenoxy) is 1. The number of rotatable bonds is 3. The molecule has 0 aliphatic carbocycles. The van der Waals surface area contributed by atoms with Gasteiger partial charge in [-0.15, -0.1) is 12.4 Å². The van der Waals surface area contributed by atoms with Gasteiger partial charge >= 0.3 is 0 Å². The molecule has 0 amide bonds. The third kappa shape index (κ3) is 2.95. The molecule has 2 aliphatic heterocycles. The van der Waals surface area contributed by atoms with Crippen molar-refractivity contribution in [3.8, 4) is 5.75 Å². The molecule has 2 aromatic carbocycles. The van der Waals surface area contributed by atoms with Gasteiger partial charge in [-0.1, -0.05) is 44.2 Å². The molecular weight excluding hydrogens is 351 g/mol. The molecule has 0 N–H and O–H groups in total. The zero-order chi connectivity index (χ0) is 17.8. The van der Waals surface area contributed by atoms with Crippen LogP contribution in [-0.2, 0) is 5.41 Å². The first kappa shape index (κ1) is 19.0. The van der Waals surface area contributed by atoms with Crippen molar-refractivity contribution in [2.45, 2.75) is 31.4 Å². The van der Waals surface area contributed by atoms with Gasteiger partial charge < -0.3 is 14.5 Å². The molecule has 0 saturated heterocycles. The normalized spacial score (nSPS) is 22.6. The maximum absolute atomic E-state index is 14.8. The molecule has 4 rings (SSSR count). The van der Waals surface area contributed by atoms with E-state index in [0.29, 0.717) is 0 Å². The predicted molar refractivity (Wildman–Crippen MR) is 106 cm³/mol. The summed E-state index contributed by atoms with van der Waals surface area (Å²) >= 11 is 0. The van der Waals surface area contributed by atoms with Gasteiger partial charge in [0.1, 0.15) is 17.7 Å². The fraction of sp³-hybridized carbons (Fsp3) is 0.429. The Morgan fingerprint density at radius 1 is 1.15 bits per heavy atom. The van der Waals surface area contributed by atoms with Crippen molar-refractivity contribution in [1.82, 2.24) is 4.90 Å². The largest absolute Gasteiger partial charge is 0.486 e. The van der Waals surface area contributed by atoms with E-state index in [2.05, 4.69) is 35.8 Å². The van der Waals surface area contributed by atoms with Crippen LogP contribution in [0.15, 0.2) is 42.5 Å². The van der Waals surface area contributed by atoms with Crippen LogP contribution in [0.3, 0.4) is 0 Å². The van der Waals surface area contributed by atoms with E-state index in [1.807, 2.05) is 38.4 Å². The van der Waals surface area contributed by atoms with E-state index in [9.17, 15) is 4.39 Å². The molecule has 0 radical (unpaired) electrons. The van der Waals surface area contributed by atoms with E-state index in [0.717, 1.165) is 35.7 Å². The number of hydrogen-bond acceptors (Lipinski definition) is 3. The molecule has 140 valence electrons. The third-order valence-corrected chi connectivity index (χ3v) is 5.32. The number of fused-ring (bicyclic) bond motifs is 2. The number of hydrogen-bond donors (Lipinski definition) is 0. The van der Waals surface area contributed by atoms with Crippen molar-refractivity contribution < 1.29 is 9.13 Å². The number of benzene rings is 2. The third-order valence-electron chi connectivity index (χ3n) is 5.32. The Hall–Kier alpha value is -1.78. The molecular formula is C21H26ClFN2O. The smallest absolute Gasteiger partial charge is 0.146 e. The Bertz CT molecular complexity index is 808. The molecule has 0 unspecified atom stereocenters. The molecule has 3 nitrogen and oxygen atoms in total. The number of anilines is 1. The number of para-hydroxylation sites is 2. The van der Waals surface area contributed by atoms with E-state index < -0.39 is 0 Å². The summed E-state index contributed by atoms with van der Waals surface area (Å²) in [7, 11) is 4.09. The highest BCUT2D eigenvalue weighted by atomic mass is 35.5. The highest BCUT2D eigenvalue weighted by Gasteiger charge is 2.46. The first-order chi connectivity index (χ1) is 11.9. The lowest BCUT2D eigenvalue weighted by Crippen LogP contribution is -2.42. The lowest BCUT2D eigenvalue weighted by atomic mass is 9.87. The Labute approximate surface area is 161 Å². The van der Waals surface area contributed by atoms with Crippen LogP contribution >= 0.6 is 12.4 Å². The van der Waals surface area contributed by atoms with Crippen LogP contribution < -0.4 is 9.64 Å². The van der Waals surface area contributed by atoms with Gasteiger partial charge in [0.15, 0.2) is 0 Å². The second-order valence-electron chi connectivity index (χ2n) is 8.05. The van der Waals surface area contributed by atoms with Crippen molar-refractivity contribution in [2.75, 3.05) is 32.1 Å². The van der Waals surface area contributed by atoms with Crippen LogP contribution in [0.1, 0.15) is 31.0 Å². The van der Waals surface area contributed by atoms with Gasteiger partial charge in [-0.25, -0.2) is 4.39 Å². The van der Waals surface area contributed by atoms with Crippen LogP contribution in [-0.4, -0.2) is 38.2 Å². The van der Waals surface area contributed by atoms with Crippen molar-refractivity contribution in [1.29, 1.82) is 0 Å². The molecule has 2 aliphatic rings. The van der Waals surface area contributed by atoms with Gasteiger partial charge in [-0.3, -0.25) is 0 Å². The quantitative estimate of drug-likeness (QED) is 0.789. The number of nitrogens with zero attached hydrogens (tertiary/aromatic N) is 2. The average Bonchev–Trinajstić information content (AvgIpc) is 3.02. The van der Waals surface area contributed by atoms with E-state index in [4.69, 9.17) is 4.74 Å². The minimum Gasteiger partial charge on any atom is -0.486 e. The maximum atomic E-state index is 14.8. The van der Waals surface area contributed by atoms with Gasteiger partial charge in [0.05, 0.1) is 11.7 Å². The van der Waals surface area contributed by atoms with E-state index >= 15 is 0 Å². The molecule has 0 spiro atoms. The Balaban J connectivity index is 0.00000196. The summed E-state index contributed by atoms with van der Waals surface area (Å²) < 4.78 is 21.1. The summed E-state index contributed by atoms with van der Waals surface area (Å²) in [6.45, 7) is 5.96. The Morgan fingerprint density at radius 3 is 2.62 bits per heavy atom. The Morgan fingerprint density at radius 2 is 1.88 bits per heavy atom. The van der Waals surface area contributed by atoms with Crippen molar-refractivity contribution in [2.24, 2.45) is 0 Å². The van der Waals surface area contributed by atoms with Crippen LogP contribution in [0.5, 0.6) is 5.75 Å². The minimum atomic E-state index is -0.143. The summed E-state index contributed by atoms with van der Waals surface area (Å²) in [4.78, 5) is 4.36. The zero-order valence-corrected chi connectivity index (χ0v) is 16.5. The second-order valence-corrected chi connectivity index (χ2v) is 8.05. The van der Waals surface area contributed by atoms with Gasteiger partial charge in [0.25, 0.3) is 0 Å². The van der Waals surface area contributed by atoms with Crippen LogP contribution in [0.25, 0.3) is 0 Å². The minimum absolute atomic E-state index is 0. The number of halogens is 2. The Kier molecular flexibility index (Phi) is 4.93. The predicted octanol–water partition coefficient (Wildman–Crippen LogP) is 4.41. The first-order valence-corrected chi connectivity index (χ1v) is 8.84. The summed E-state index contributed by atoms with van der Waals surface area (Å²) in [6.07, 6.45) is -0.0197. The molecule has 0 fully saturated rings. The second kappa shape index (κ2) is 6.75. The van der Waals surface area contributed by atoms with Gasteiger partial charge in [0.2, 0.25) is 0 Å². The highest BCUT2D eigenvalue weighted by molar-refractivity contribution is 5.85. The fourth-order valence-electron chi connectivity index (χ4n) is 4.31. The van der Waals surface area contributed by atoms with Gasteiger partial charge in [-0.2, -0.15) is 0 Å². The molecule has 2 atom stereocenters. The van der Waals surface area contributed by atoms with Gasteiger partial charge in [0, 0.05) is 24.1 Å². The highest BCUT2D eigenvalue weighted by Crippen LogP contribution is 2.50. The van der Waals surface area contributed by atoms with E-state index in [1.54, 1.807) is 6.07 Å². The zero-order valence-electron chi connectivity index (χ0n) is 15.7. The summed E-state index contributed by atoms with van der Waals surface area (Å²) in [5.74, 6) is 0.776. The molecule has 26 heavy (non-hydrogen) atoms. The molecule has 5 heteroatoms. The molecule has 0 aromatic heterocycles.